The predicted molar refractivity (Wildman–Crippen MR) is 75.0 cm³/mol. The third kappa shape index (κ3) is 2.25. The number of benzene rings is 1. The Bertz CT molecular complexity index is 458. The first-order valence-electron chi connectivity index (χ1n) is 5.87. The summed E-state index contributed by atoms with van der Waals surface area (Å²) in [4.78, 5) is 0. The molecule has 0 aromatic heterocycles. The van der Waals surface area contributed by atoms with Crippen molar-refractivity contribution in [2.24, 2.45) is 0 Å². The van der Waals surface area contributed by atoms with Crippen LogP contribution in [0.3, 0.4) is 0 Å². The molecule has 0 heterocycles. The van der Waals surface area contributed by atoms with E-state index < -0.39 is 0 Å². The van der Waals surface area contributed by atoms with Crippen LogP contribution in [0, 0.1) is 0 Å². The molecule has 16 heavy (non-hydrogen) atoms. The van der Waals surface area contributed by atoms with Gasteiger partial charge in [0, 0.05) is 5.03 Å². The van der Waals surface area contributed by atoms with Gasteiger partial charge < -0.3 is 0 Å². The Morgan fingerprint density at radius 1 is 1.31 bits per heavy atom. The first-order valence-corrected chi connectivity index (χ1v) is 6.25. The molecule has 2 heteroatoms. The third-order valence-corrected chi connectivity index (χ3v) is 3.43. The minimum atomic E-state index is 0.866. The second kappa shape index (κ2) is 4.92. The summed E-state index contributed by atoms with van der Waals surface area (Å²) in [5.74, 6) is 0. The van der Waals surface area contributed by atoms with Crippen LogP contribution in [0.2, 0.25) is 6.82 Å². The summed E-state index contributed by atoms with van der Waals surface area (Å²) in [6.45, 7) is 4.36. The highest BCUT2D eigenvalue weighted by molar-refractivity contribution is 6.52. The lowest BCUT2D eigenvalue weighted by molar-refractivity contribution is 0.998. The van der Waals surface area contributed by atoms with E-state index in [1.807, 2.05) is 0 Å². The Labute approximate surface area is 103 Å². The minimum Gasteiger partial charge on any atom is -0.0849 e. The van der Waals surface area contributed by atoms with E-state index in [1.54, 1.807) is 0 Å². The molecule has 1 aromatic rings. The summed E-state index contributed by atoms with van der Waals surface area (Å²) in [5.41, 5.74) is 5.60. The van der Waals surface area contributed by atoms with Gasteiger partial charge in [0.1, 0.15) is 0 Å². The van der Waals surface area contributed by atoms with E-state index in [4.69, 9.17) is 11.6 Å². The molecule has 1 aliphatic rings. The summed E-state index contributed by atoms with van der Waals surface area (Å²) >= 11 is 6.11. The first-order chi connectivity index (χ1) is 7.72. The second-order valence-electron chi connectivity index (χ2n) is 4.25. The van der Waals surface area contributed by atoms with Crippen LogP contribution in [0.15, 0.2) is 35.4 Å². The first kappa shape index (κ1) is 11.5. The van der Waals surface area contributed by atoms with Crippen molar-refractivity contribution in [2.75, 3.05) is 0 Å². The van der Waals surface area contributed by atoms with Crippen LogP contribution in [-0.2, 0) is 6.42 Å². The molecule has 0 nitrogen and oxygen atoms in total. The number of allylic oxidation sites excluding steroid dienone is 4. The van der Waals surface area contributed by atoms with Crippen LogP contribution < -0.4 is 5.46 Å². The maximum absolute atomic E-state index is 6.11. The van der Waals surface area contributed by atoms with Crippen molar-refractivity contribution in [1.29, 1.82) is 0 Å². The number of rotatable bonds is 1. The highest BCUT2D eigenvalue weighted by atomic mass is 35.5. The van der Waals surface area contributed by atoms with Crippen LogP contribution in [-0.4, -0.2) is 7.28 Å². The van der Waals surface area contributed by atoms with Gasteiger partial charge in [0.25, 0.3) is 0 Å². The van der Waals surface area contributed by atoms with E-state index in [9.17, 15) is 0 Å². The zero-order valence-electron chi connectivity index (χ0n) is 9.89. The molecule has 0 atom stereocenters. The van der Waals surface area contributed by atoms with E-state index in [2.05, 4.69) is 44.1 Å². The molecule has 1 aromatic carbocycles. The number of fused-ring (bicyclic) bond motifs is 1. The summed E-state index contributed by atoms with van der Waals surface area (Å²) in [7, 11) is 1.11. The molecule has 0 bridgehead atoms. The van der Waals surface area contributed by atoms with E-state index in [0.717, 1.165) is 25.2 Å². The van der Waals surface area contributed by atoms with Crippen molar-refractivity contribution < 1.29 is 0 Å². The Morgan fingerprint density at radius 3 is 2.88 bits per heavy atom. The van der Waals surface area contributed by atoms with Gasteiger partial charge in [-0.05, 0) is 42.5 Å². The van der Waals surface area contributed by atoms with Gasteiger partial charge in [0.05, 0.1) is 0 Å². The van der Waals surface area contributed by atoms with E-state index in [1.165, 1.54) is 22.2 Å². The molecule has 0 radical (unpaired) electrons. The highest BCUT2D eigenvalue weighted by Crippen LogP contribution is 2.24. The molecule has 0 aliphatic heterocycles. The standard InChI is InChI=1S/C14H16BCl/c1-10-9-11(16)5-3-7-13-12(10)6-4-8-14(13)15-2/h4-6,8-9,15H,3,7H2,1-2H3/b10-9+,11-5+. The minimum absolute atomic E-state index is 0.866. The van der Waals surface area contributed by atoms with Gasteiger partial charge in [-0.2, -0.15) is 0 Å². The topological polar surface area (TPSA) is 0 Å². The molecule has 82 valence electrons. The highest BCUT2D eigenvalue weighted by Gasteiger charge is 2.10. The van der Waals surface area contributed by atoms with Crippen molar-refractivity contribution in [2.45, 2.75) is 26.6 Å². The van der Waals surface area contributed by atoms with Gasteiger partial charge in [-0.15, -0.1) is 0 Å². The van der Waals surface area contributed by atoms with Gasteiger partial charge >= 0.3 is 0 Å². The predicted octanol–water partition coefficient (Wildman–Crippen LogP) is 3.27. The van der Waals surface area contributed by atoms with Crippen LogP contribution >= 0.6 is 11.6 Å². The van der Waals surface area contributed by atoms with Crippen LogP contribution in [0.1, 0.15) is 24.5 Å². The van der Waals surface area contributed by atoms with Crippen molar-refractivity contribution >= 4 is 29.9 Å². The smallest absolute Gasteiger partial charge is 0.0849 e. The Balaban J connectivity index is 2.56. The second-order valence-corrected chi connectivity index (χ2v) is 4.69. The lowest BCUT2D eigenvalue weighted by atomic mass is 9.68. The van der Waals surface area contributed by atoms with E-state index in [-0.39, 0.29) is 0 Å². The molecule has 0 fully saturated rings. The summed E-state index contributed by atoms with van der Waals surface area (Å²) in [5, 5.41) is 0.866. The average Bonchev–Trinajstić information content (AvgIpc) is 2.27. The van der Waals surface area contributed by atoms with Crippen LogP contribution in [0.5, 0.6) is 0 Å². The van der Waals surface area contributed by atoms with E-state index >= 15 is 0 Å². The third-order valence-electron chi connectivity index (χ3n) is 3.17. The van der Waals surface area contributed by atoms with Crippen LogP contribution in [0.25, 0.3) is 5.57 Å². The molecular weight excluding hydrogens is 214 g/mol. The van der Waals surface area contributed by atoms with Crippen molar-refractivity contribution in [1.82, 2.24) is 0 Å². The van der Waals surface area contributed by atoms with E-state index in [0.29, 0.717) is 0 Å². The SMILES string of the molecule is CBc1cccc2c1CC/C=C(Cl)\C=C\2C. The van der Waals surface area contributed by atoms with Gasteiger partial charge in [0.2, 0.25) is 0 Å². The molecule has 0 N–H and O–H groups in total. The molecule has 0 saturated heterocycles. The quantitative estimate of drug-likeness (QED) is 0.650. The largest absolute Gasteiger partial charge is 0.154 e. The zero-order valence-corrected chi connectivity index (χ0v) is 10.6. The Kier molecular flexibility index (Phi) is 3.55. The number of halogens is 1. The van der Waals surface area contributed by atoms with Gasteiger partial charge in [0.15, 0.2) is 7.28 Å². The molecule has 0 saturated carbocycles. The zero-order chi connectivity index (χ0) is 11.5. The van der Waals surface area contributed by atoms with Crippen molar-refractivity contribution in [3.05, 3.63) is 46.5 Å². The normalized spacial score (nSPS) is 21.9. The lowest BCUT2D eigenvalue weighted by Crippen LogP contribution is -2.18. The molecule has 2 rings (SSSR count). The monoisotopic (exact) mass is 230 g/mol. The maximum Gasteiger partial charge on any atom is 0.154 e. The molecule has 0 unspecified atom stereocenters. The Hall–Kier alpha value is -0.945. The lowest BCUT2D eigenvalue weighted by Gasteiger charge is -2.16. The van der Waals surface area contributed by atoms with Crippen LogP contribution in [0.4, 0.5) is 0 Å². The molecule has 1 aliphatic carbocycles. The molecule has 0 amide bonds. The number of hydrogen-bond donors (Lipinski definition) is 0. The van der Waals surface area contributed by atoms with Gasteiger partial charge in [-0.25, -0.2) is 0 Å². The van der Waals surface area contributed by atoms with Gasteiger partial charge in [-0.3, -0.25) is 0 Å². The summed E-state index contributed by atoms with van der Waals surface area (Å²) in [6, 6.07) is 6.59. The number of hydrogen-bond acceptors (Lipinski definition) is 0. The Morgan fingerprint density at radius 2 is 2.12 bits per heavy atom. The average molecular weight is 231 g/mol. The van der Waals surface area contributed by atoms with Gasteiger partial charge in [-0.1, -0.05) is 48.2 Å². The van der Waals surface area contributed by atoms with Crippen molar-refractivity contribution in [3.8, 4) is 0 Å². The molecule has 0 spiro atoms. The maximum atomic E-state index is 6.11. The van der Waals surface area contributed by atoms with Crippen molar-refractivity contribution in [3.63, 3.8) is 0 Å². The fourth-order valence-electron chi connectivity index (χ4n) is 2.33. The molecular formula is C14H16BCl. The fraction of sp³-hybridized carbons (Fsp3) is 0.286. The summed E-state index contributed by atoms with van der Waals surface area (Å²) < 4.78 is 0. The fourth-order valence-corrected chi connectivity index (χ4v) is 2.60. The summed E-state index contributed by atoms with van der Waals surface area (Å²) in [6.07, 6.45) is 6.31.